The zero-order chi connectivity index (χ0) is 15.0. The van der Waals surface area contributed by atoms with Crippen molar-refractivity contribution in [3.63, 3.8) is 0 Å². The number of fused-ring (bicyclic) bond motifs is 1. The van der Waals surface area contributed by atoms with Gasteiger partial charge >= 0.3 is 0 Å². The molecule has 110 valence electrons. The molecule has 1 atom stereocenters. The molecular weight excluding hydrogens is 307 g/mol. The molecule has 4 heteroatoms. The van der Waals surface area contributed by atoms with E-state index in [-0.39, 0.29) is 0 Å². The molecule has 0 fully saturated rings. The van der Waals surface area contributed by atoms with Crippen LogP contribution < -0.4 is 4.74 Å². The monoisotopic (exact) mass is 322 g/mol. The Morgan fingerprint density at radius 1 is 1.19 bits per heavy atom. The van der Waals surface area contributed by atoms with Gasteiger partial charge in [0, 0.05) is 22.9 Å². The second kappa shape index (κ2) is 5.53. The van der Waals surface area contributed by atoms with Crippen LogP contribution in [-0.4, -0.2) is 11.7 Å². The first-order valence-corrected chi connectivity index (χ1v) is 7.64. The average Bonchev–Trinajstić information content (AvgIpc) is 2.86. The van der Waals surface area contributed by atoms with Crippen molar-refractivity contribution in [2.75, 3.05) is 6.61 Å². The van der Waals surface area contributed by atoms with Gasteiger partial charge in [0.05, 0.1) is 12.2 Å². The highest BCUT2D eigenvalue weighted by molar-refractivity contribution is 6.31. The lowest BCUT2D eigenvalue weighted by molar-refractivity contribution is 0.0569. The van der Waals surface area contributed by atoms with Crippen LogP contribution in [0.5, 0.6) is 5.75 Å². The fourth-order valence-corrected chi connectivity index (χ4v) is 3.23. The minimum Gasteiger partial charge on any atom is -0.493 e. The number of hydrogen-bond donors (Lipinski definition) is 1. The van der Waals surface area contributed by atoms with Crippen molar-refractivity contribution in [3.05, 3.63) is 63.1 Å². The van der Waals surface area contributed by atoms with Crippen molar-refractivity contribution in [2.45, 2.75) is 25.4 Å². The normalized spacial score (nSPS) is 16.2. The average molecular weight is 323 g/mol. The standard InChI is InChI=1S/C17H16Cl2O2/c1-17(20,13-3-2-4-14(18)9-13)10-12-8-15(19)7-11-5-6-21-16(11)12/h2-4,7-9,20H,5-6,10H2,1H3. The van der Waals surface area contributed by atoms with Crippen LogP contribution in [0.3, 0.4) is 0 Å². The molecule has 1 aliphatic rings. The molecule has 2 aromatic rings. The van der Waals surface area contributed by atoms with Crippen molar-refractivity contribution in [1.82, 2.24) is 0 Å². The predicted octanol–water partition coefficient (Wildman–Crippen LogP) is 4.38. The van der Waals surface area contributed by atoms with Crippen LogP contribution in [0.1, 0.15) is 23.6 Å². The summed E-state index contributed by atoms with van der Waals surface area (Å²) in [5, 5.41) is 12.1. The van der Waals surface area contributed by atoms with E-state index < -0.39 is 5.60 Å². The van der Waals surface area contributed by atoms with Gasteiger partial charge in [-0.05, 0) is 47.9 Å². The second-order valence-corrected chi connectivity index (χ2v) is 6.49. The molecule has 0 amide bonds. The summed E-state index contributed by atoms with van der Waals surface area (Å²) in [4.78, 5) is 0. The van der Waals surface area contributed by atoms with Crippen LogP contribution in [0.25, 0.3) is 0 Å². The number of ether oxygens (including phenoxy) is 1. The summed E-state index contributed by atoms with van der Waals surface area (Å²) in [6.07, 6.45) is 1.29. The molecule has 0 radical (unpaired) electrons. The van der Waals surface area contributed by atoms with E-state index in [1.54, 1.807) is 19.1 Å². The van der Waals surface area contributed by atoms with E-state index >= 15 is 0 Å². The van der Waals surface area contributed by atoms with E-state index in [4.69, 9.17) is 27.9 Å². The van der Waals surface area contributed by atoms with Crippen LogP contribution >= 0.6 is 23.2 Å². The SMILES string of the molecule is CC(O)(Cc1cc(Cl)cc2c1OCC2)c1cccc(Cl)c1. The Bertz CT molecular complexity index is 680. The van der Waals surface area contributed by atoms with E-state index in [1.165, 1.54) is 0 Å². The molecule has 0 saturated heterocycles. The molecule has 0 aliphatic carbocycles. The molecule has 1 heterocycles. The van der Waals surface area contributed by atoms with E-state index in [0.717, 1.165) is 28.9 Å². The van der Waals surface area contributed by atoms with E-state index in [0.29, 0.717) is 23.1 Å². The van der Waals surface area contributed by atoms with Crippen LogP contribution in [-0.2, 0) is 18.4 Å². The molecule has 1 unspecified atom stereocenters. The molecule has 2 aromatic carbocycles. The number of halogens is 2. The lowest BCUT2D eigenvalue weighted by Gasteiger charge is -2.25. The number of benzene rings is 2. The molecule has 3 rings (SSSR count). The Kier molecular flexibility index (Phi) is 3.87. The molecular formula is C17H16Cl2O2. The van der Waals surface area contributed by atoms with Gasteiger partial charge in [0.15, 0.2) is 0 Å². The quantitative estimate of drug-likeness (QED) is 0.908. The Labute approximate surface area is 134 Å². The van der Waals surface area contributed by atoms with Crippen molar-refractivity contribution in [2.24, 2.45) is 0 Å². The van der Waals surface area contributed by atoms with Gasteiger partial charge in [-0.1, -0.05) is 35.3 Å². The molecule has 1 N–H and O–H groups in total. The third-order valence-electron chi connectivity index (χ3n) is 3.81. The third kappa shape index (κ3) is 3.03. The van der Waals surface area contributed by atoms with Gasteiger partial charge in [0.1, 0.15) is 5.75 Å². The molecule has 21 heavy (non-hydrogen) atoms. The molecule has 0 aromatic heterocycles. The van der Waals surface area contributed by atoms with Crippen LogP contribution in [0, 0.1) is 0 Å². The predicted molar refractivity (Wildman–Crippen MR) is 85.4 cm³/mol. The zero-order valence-electron chi connectivity index (χ0n) is 11.7. The molecule has 1 aliphatic heterocycles. The van der Waals surface area contributed by atoms with Crippen molar-refractivity contribution in [1.29, 1.82) is 0 Å². The Morgan fingerprint density at radius 3 is 2.76 bits per heavy atom. The third-order valence-corrected chi connectivity index (χ3v) is 4.26. The maximum atomic E-state index is 10.8. The van der Waals surface area contributed by atoms with Crippen molar-refractivity contribution < 1.29 is 9.84 Å². The maximum absolute atomic E-state index is 10.8. The van der Waals surface area contributed by atoms with E-state index in [2.05, 4.69) is 0 Å². The first-order valence-electron chi connectivity index (χ1n) is 6.88. The number of aliphatic hydroxyl groups is 1. The van der Waals surface area contributed by atoms with Gasteiger partial charge in [-0.2, -0.15) is 0 Å². The number of hydrogen-bond acceptors (Lipinski definition) is 2. The summed E-state index contributed by atoms with van der Waals surface area (Å²) in [5.74, 6) is 0.863. The van der Waals surface area contributed by atoms with E-state index in [9.17, 15) is 5.11 Å². The minimum atomic E-state index is -1.03. The summed E-state index contributed by atoms with van der Waals surface area (Å²) in [6, 6.07) is 11.1. The number of rotatable bonds is 3. The summed E-state index contributed by atoms with van der Waals surface area (Å²) in [5.41, 5.74) is 1.79. The summed E-state index contributed by atoms with van der Waals surface area (Å²) < 4.78 is 5.69. The van der Waals surface area contributed by atoms with E-state index in [1.807, 2.05) is 24.3 Å². The highest BCUT2D eigenvalue weighted by Crippen LogP contribution is 2.37. The zero-order valence-corrected chi connectivity index (χ0v) is 13.2. The smallest absolute Gasteiger partial charge is 0.126 e. The van der Waals surface area contributed by atoms with Gasteiger partial charge in [-0.15, -0.1) is 0 Å². The van der Waals surface area contributed by atoms with Gasteiger partial charge in [-0.25, -0.2) is 0 Å². The van der Waals surface area contributed by atoms with Gasteiger partial charge < -0.3 is 9.84 Å². The summed E-state index contributed by atoms with van der Waals surface area (Å²) in [7, 11) is 0. The first-order chi connectivity index (χ1) is 9.95. The minimum absolute atomic E-state index is 0.427. The van der Waals surface area contributed by atoms with Crippen LogP contribution in [0.2, 0.25) is 10.0 Å². The van der Waals surface area contributed by atoms with Crippen LogP contribution in [0.15, 0.2) is 36.4 Å². The molecule has 2 nitrogen and oxygen atoms in total. The van der Waals surface area contributed by atoms with Crippen LogP contribution in [0.4, 0.5) is 0 Å². The fraction of sp³-hybridized carbons (Fsp3) is 0.294. The first kappa shape index (κ1) is 14.7. The lowest BCUT2D eigenvalue weighted by Crippen LogP contribution is -2.24. The van der Waals surface area contributed by atoms with Gasteiger partial charge in [-0.3, -0.25) is 0 Å². The Hall–Kier alpha value is -1.22. The summed E-state index contributed by atoms with van der Waals surface area (Å²) >= 11 is 12.2. The maximum Gasteiger partial charge on any atom is 0.126 e. The largest absolute Gasteiger partial charge is 0.493 e. The highest BCUT2D eigenvalue weighted by atomic mass is 35.5. The Morgan fingerprint density at radius 2 is 2.00 bits per heavy atom. The van der Waals surface area contributed by atoms with Gasteiger partial charge in [0.2, 0.25) is 0 Å². The second-order valence-electron chi connectivity index (χ2n) is 5.61. The van der Waals surface area contributed by atoms with Gasteiger partial charge in [0.25, 0.3) is 0 Å². The molecule has 0 bridgehead atoms. The van der Waals surface area contributed by atoms with Crippen molar-refractivity contribution in [3.8, 4) is 5.75 Å². The molecule has 0 saturated carbocycles. The highest BCUT2D eigenvalue weighted by Gasteiger charge is 2.28. The Balaban J connectivity index is 1.96. The lowest BCUT2D eigenvalue weighted by atomic mass is 9.88. The summed E-state index contributed by atoms with van der Waals surface area (Å²) in [6.45, 7) is 2.45. The molecule has 0 spiro atoms. The van der Waals surface area contributed by atoms with Crippen molar-refractivity contribution >= 4 is 23.2 Å². The fourth-order valence-electron chi connectivity index (χ4n) is 2.77. The topological polar surface area (TPSA) is 29.5 Å².